The number of nitrogens with zero attached hydrogens (tertiary/aromatic N) is 2. The maximum atomic E-state index is 13.2. The number of alkyl halides is 5. The first-order chi connectivity index (χ1) is 8.83. The van der Waals surface area contributed by atoms with Gasteiger partial charge in [-0.2, -0.15) is 8.78 Å². The van der Waals surface area contributed by atoms with Crippen molar-refractivity contribution in [3.63, 3.8) is 0 Å². The Morgan fingerprint density at radius 2 is 1.95 bits per heavy atom. The first kappa shape index (κ1) is 14.1. The van der Waals surface area contributed by atoms with Gasteiger partial charge in [-0.05, 0) is 19.1 Å². The molecule has 0 aliphatic heterocycles. The Balaban J connectivity index is 2.54. The molecule has 0 spiro atoms. The van der Waals surface area contributed by atoms with E-state index in [2.05, 4.69) is 4.98 Å². The smallest absolute Gasteiger partial charge is 0.320 e. The van der Waals surface area contributed by atoms with Gasteiger partial charge in [0, 0.05) is 0 Å². The van der Waals surface area contributed by atoms with Crippen molar-refractivity contribution in [1.29, 1.82) is 0 Å². The highest BCUT2D eigenvalue weighted by molar-refractivity contribution is 6.20. The number of fused-ring (bicyclic) bond motifs is 1. The van der Waals surface area contributed by atoms with Crippen molar-refractivity contribution in [3.05, 3.63) is 30.1 Å². The summed E-state index contributed by atoms with van der Waals surface area (Å²) in [5, 5.41) is -0.652. The minimum atomic E-state index is -4.12. The number of hydrogen-bond donors (Lipinski definition) is 0. The van der Waals surface area contributed by atoms with Crippen molar-refractivity contribution in [1.82, 2.24) is 9.55 Å². The van der Waals surface area contributed by atoms with Crippen molar-refractivity contribution in [3.8, 4) is 0 Å². The average molecular weight is 295 g/mol. The second-order valence-electron chi connectivity index (χ2n) is 4.22. The van der Waals surface area contributed by atoms with Crippen LogP contribution in [0.3, 0.4) is 0 Å². The summed E-state index contributed by atoms with van der Waals surface area (Å²) in [7, 11) is 0. The fraction of sp³-hybridized carbons (Fsp3) is 0.417. The van der Waals surface area contributed by atoms with Crippen LogP contribution in [0.25, 0.3) is 11.0 Å². The molecule has 0 radical (unpaired) electrons. The van der Waals surface area contributed by atoms with E-state index in [-0.39, 0.29) is 5.82 Å². The molecule has 0 amide bonds. The van der Waals surface area contributed by atoms with Crippen LogP contribution in [0.1, 0.15) is 18.1 Å². The first-order valence-electron chi connectivity index (χ1n) is 5.58. The van der Waals surface area contributed by atoms with Gasteiger partial charge < -0.3 is 4.57 Å². The van der Waals surface area contributed by atoms with E-state index in [0.29, 0.717) is 11.0 Å². The Hall–Kier alpha value is -1.30. The summed E-state index contributed by atoms with van der Waals surface area (Å²) in [4.78, 5) is 4.11. The van der Waals surface area contributed by atoms with E-state index >= 15 is 0 Å². The summed E-state index contributed by atoms with van der Waals surface area (Å²) < 4.78 is 52.2. The van der Waals surface area contributed by atoms with E-state index in [1.54, 1.807) is 31.2 Å². The van der Waals surface area contributed by atoms with Crippen LogP contribution in [-0.2, 0) is 6.54 Å². The van der Waals surface area contributed by atoms with Crippen LogP contribution in [0.2, 0.25) is 0 Å². The summed E-state index contributed by atoms with van der Waals surface area (Å²) in [6.07, 6.45) is -3.73. The lowest BCUT2D eigenvalue weighted by molar-refractivity contribution is -0.137. The fourth-order valence-corrected chi connectivity index (χ4v) is 2.01. The predicted octanol–water partition coefficient (Wildman–Crippen LogP) is 4.24. The Morgan fingerprint density at radius 1 is 1.32 bits per heavy atom. The Labute approximate surface area is 112 Å². The molecule has 1 heterocycles. The number of rotatable bonds is 4. The zero-order valence-electron chi connectivity index (χ0n) is 9.96. The van der Waals surface area contributed by atoms with Gasteiger partial charge in [0.15, 0.2) is 0 Å². The van der Waals surface area contributed by atoms with Crippen molar-refractivity contribution < 1.29 is 17.6 Å². The number of imidazole rings is 1. The SMILES string of the molecule is CC(Cl)c1nc2ccccc2n1CC(F)(F)C(F)F. The lowest BCUT2D eigenvalue weighted by Crippen LogP contribution is -2.32. The van der Waals surface area contributed by atoms with Crippen LogP contribution in [-0.4, -0.2) is 21.9 Å². The zero-order chi connectivity index (χ0) is 14.2. The lowest BCUT2D eigenvalue weighted by atomic mass is 10.3. The highest BCUT2D eigenvalue weighted by Crippen LogP contribution is 2.30. The number of halogens is 5. The molecule has 0 N–H and O–H groups in total. The van der Waals surface area contributed by atoms with Crippen LogP contribution in [0.15, 0.2) is 24.3 Å². The molecule has 1 aromatic carbocycles. The highest BCUT2D eigenvalue weighted by Gasteiger charge is 2.42. The van der Waals surface area contributed by atoms with Gasteiger partial charge in [0.2, 0.25) is 0 Å². The minimum absolute atomic E-state index is 0.156. The summed E-state index contributed by atoms with van der Waals surface area (Å²) >= 11 is 5.87. The molecule has 7 heteroatoms. The van der Waals surface area contributed by atoms with E-state index in [9.17, 15) is 17.6 Å². The third kappa shape index (κ3) is 2.68. The molecule has 0 saturated carbocycles. The lowest BCUT2D eigenvalue weighted by Gasteiger charge is -2.18. The topological polar surface area (TPSA) is 17.8 Å². The van der Waals surface area contributed by atoms with Crippen LogP contribution >= 0.6 is 11.6 Å². The summed E-state index contributed by atoms with van der Waals surface area (Å²) in [6.45, 7) is 0.414. The van der Waals surface area contributed by atoms with Gasteiger partial charge in [-0.1, -0.05) is 12.1 Å². The van der Waals surface area contributed by atoms with Gasteiger partial charge in [0.25, 0.3) is 0 Å². The Bertz CT molecular complexity index is 580. The average Bonchev–Trinajstić information content (AvgIpc) is 2.68. The van der Waals surface area contributed by atoms with Gasteiger partial charge in [-0.25, -0.2) is 13.8 Å². The van der Waals surface area contributed by atoms with Gasteiger partial charge in [0.05, 0.1) is 23.0 Å². The number of benzene rings is 1. The summed E-state index contributed by atoms with van der Waals surface area (Å²) in [5.41, 5.74) is 0.820. The molecular weight excluding hydrogens is 284 g/mol. The molecular formula is C12H11ClF4N2. The van der Waals surface area contributed by atoms with Crippen LogP contribution in [0.5, 0.6) is 0 Å². The van der Waals surface area contributed by atoms with Crippen LogP contribution in [0, 0.1) is 0 Å². The van der Waals surface area contributed by atoms with Crippen molar-refractivity contribution in [2.75, 3.05) is 0 Å². The van der Waals surface area contributed by atoms with E-state index in [1.807, 2.05) is 0 Å². The Kier molecular flexibility index (Phi) is 3.71. The second-order valence-corrected chi connectivity index (χ2v) is 4.88. The van der Waals surface area contributed by atoms with Crippen LogP contribution < -0.4 is 0 Å². The molecule has 0 aliphatic carbocycles. The van der Waals surface area contributed by atoms with Crippen molar-refractivity contribution in [2.24, 2.45) is 0 Å². The quantitative estimate of drug-likeness (QED) is 0.609. The van der Waals surface area contributed by atoms with E-state index in [0.717, 1.165) is 4.57 Å². The number of para-hydroxylation sites is 2. The second kappa shape index (κ2) is 5.00. The monoisotopic (exact) mass is 294 g/mol. The maximum absolute atomic E-state index is 13.2. The molecule has 0 fully saturated rings. The highest BCUT2D eigenvalue weighted by atomic mass is 35.5. The maximum Gasteiger partial charge on any atom is 0.324 e. The predicted molar refractivity (Wildman–Crippen MR) is 65.0 cm³/mol. The van der Waals surface area contributed by atoms with Gasteiger partial charge in [0.1, 0.15) is 5.82 Å². The van der Waals surface area contributed by atoms with Gasteiger partial charge in [-0.15, -0.1) is 11.6 Å². The van der Waals surface area contributed by atoms with Crippen LogP contribution in [0.4, 0.5) is 17.6 Å². The molecule has 104 valence electrons. The van der Waals surface area contributed by atoms with Crippen molar-refractivity contribution >= 4 is 22.6 Å². The minimum Gasteiger partial charge on any atom is -0.320 e. The fourth-order valence-electron chi connectivity index (χ4n) is 1.84. The van der Waals surface area contributed by atoms with E-state index in [4.69, 9.17) is 11.6 Å². The summed E-state index contributed by atoms with van der Waals surface area (Å²) in [6, 6.07) is 6.49. The molecule has 19 heavy (non-hydrogen) atoms. The van der Waals surface area contributed by atoms with E-state index < -0.39 is 24.3 Å². The van der Waals surface area contributed by atoms with Gasteiger partial charge >= 0.3 is 12.3 Å². The number of hydrogen-bond acceptors (Lipinski definition) is 1. The number of aromatic nitrogens is 2. The zero-order valence-corrected chi connectivity index (χ0v) is 10.7. The molecule has 1 atom stereocenters. The standard InChI is InChI=1S/C12H11ClF4N2/c1-7(13)10-18-8-4-2-3-5-9(8)19(10)6-12(16,17)11(14)15/h2-5,7,11H,6H2,1H3. The summed E-state index contributed by atoms with van der Waals surface area (Å²) in [5.74, 6) is -3.97. The molecule has 2 rings (SSSR count). The third-order valence-corrected chi connectivity index (χ3v) is 2.92. The van der Waals surface area contributed by atoms with E-state index in [1.165, 1.54) is 0 Å². The van der Waals surface area contributed by atoms with Crippen molar-refractivity contribution in [2.45, 2.75) is 31.2 Å². The molecule has 0 aliphatic rings. The molecule has 2 nitrogen and oxygen atoms in total. The Morgan fingerprint density at radius 3 is 2.53 bits per heavy atom. The first-order valence-corrected chi connectivity index (χ1v) is 6.02. The molecule has 2 aromatic rings. The normalized spacial score (nSPS) is 14.3. The van der Waals surface area contributed by atoms with Gasteiger partial charge in [-0.3, -0.25) is 0 Å². The molecule has 0 saturated heterocycles. The largest absolute Gasteiger partial charge is 0.324 e. The third-order valence-electron chi connectivity index (χ3n) is 2.73. The molecule has 0 bridgehead atoms. The molecule has 1 aromatic heterocycles. The molecule has 1 unspecified atom stereocenters.